The van der Waals surface area contributed by atoms with Gasteiger partial charge in [0.15, 0.2) is 0 Å². The lowest BCUT2D eigenvalue weighted by Crippen LogP contribution is -2.62. The van der Waals surface area contributed by atoms with Crippen LogP contribution in [0.2, 0.25) is 0 Å². The Balaban J connectivity index is 2.02. The number of carbonyl (C=O) groups is 4. The number of hydrogen-bond donors (Lipinski definition) is 4. The normalized spacial score (nSPS) is 31.1. The average Bonchev–Trinajstić information content (AvgIpc) is 3.30. The highest BCUT2D eigenvalue weighted by molar-refractivity contribution is 6.03. The molecule has 0 radical (unpaired) electrons. The van der Waals surface area contributed by atoms with E-state index in [2.05, 4.69) is 10.6 Å². The molecule has 28 heavy (non-hydrogen) atoms. The van der Waals surface area contributed by atoms with Gasteiger partial charge in [-0.05, 0) is 33.1 Å². The number of carbonyl (C=O) groups excluding carboxylic acids is 4. The minimum Gasteiger partial charge on any atom is -0.391 e. The topological polar surface area (TPSA) is 139 Å². The van der Waals surface area contributed by atoms with Crippen LogP contribution in [0.3, 0.4) is 0 Å². The molecule has 2 fully saturated rings. The molecular weight excluding hydrogens is 368 g/mol. The number of hydrogen-bond acceptors (Lipinski definition) is 6. The number of fused-ring (bicyclic) bond motifs is 2. The molecule has 3 aliphatic rings. The zero-order chi connectivity index (χ0) is 20.6. The minimum absolute atomic E-state index is 0.164. The van der Waals surface area contributed by atoms with Gasteiger partial charge in [-0.2, -0.15) is 0 Å². The molecule has 154 valence electrons. The average molecular weight is 394 g/mol. The molecule has 0 spiro atoms. The van der Waals surface area contributed by atoms with Crippen LogP contribution in [0.4, 0.5) is 0 Å². The van der Waals surface area contributed by atoms with Crippen LogP contribution >= 0.6 is 0 Å². The number of rotatable bonds is 2. The van der Waals surface area contributed by atoms with Crippen molar-refractivity contribution in [1.82, 2.24) is 20.4 Å². The van der Waals surface area contributed by atoms with Gasteiger partial charge in [0, 0.05) is 13.1 Å². The molecule has 0 aromatic carbocycles. The number of aliphatic hydroxyl groups excluding tert-OH is 2. The van der Waals surface area contributed by atoms with E-state index in [9.17, 15) is 29.4 Å². The Morgan fingerprint density at radius 2 is 1.64 bits per heavy atom. The number of amides is 4. The van der Waals surface area contributed by atoms with Gasteiger partial charge >= 0.3 is 0 Å². The maximum Gasteiger partial charge on any atom is 0.270 e. The molecule has 5 atom stereocenters. The fraction of sp³-hybridized carbons (Fsp3) is 0.667. The van der Waals surface area contributed by atoms with Gasteiger partial charge in [0.05, 0.1) is 12.2 Å². The lowest BCUT2D eigenvalue weighted by Gasteiger charge is -2.33. The summed E-state index contributed by atoms with van der Waals surface area (Å²) in [6.45, 7) is 3.31. The van der Waals surface area contributed by atoms with Gasteiger partial charge in [0.1, 0.15) is 23.8 Å². The molecule has 3 heterocycles. The van der Waals surface area contributed by atoms with E-state index in [4.69, 9.17) is 0 Å². The predicted octanol–water partition coefficient (Wildman–Crippen LogP) is -2.16. The van der Waals surface area contributed by atoms with Crippen molar-refractivity contribution in [3.8, 4) is 0 Å². The molecular formula is C18H26N4O6. The first-order chi connectivity index (χ1) is 13.2. The number of nitrogens with zero attached hydrogens (tertiary/aromatic N) is 2. The standard InChI is InChI=1S/C18H26N4O6/c1-9(23)13-16(26)20-14(10(2)24)18(28)22-8-4-6-12(22)17(27)21-7-3-5-11(21)15(25)19-13/h6,9-11,13-14,23-24H,3-5,7-8H2,1-2H3,(H,19,25)(H,20,26)/t9-,10-,11?,13+,14?/m1/s1. The third kappa shape index (κ3) is 3.61. The van der Waals surface area contributed by atoms with Crippen molar-refractivity contribution in [1.29, 1.82) is 0 Å². The highest BCUT2D eigenvalue weighted by Gasteiger charge is 2.43. The highest BCUT2D eigenvalue weighted by Crippen LogP contribution is 2.25. The first kappa shape index (κ1) is 20.3. The van der Waals surface area contributed by atoms with Gasteiger partial charge in [-0.1, -0.05) is 6.08 Å². The molecule has 0 saturated carbocycles. The van der Waals surface area contributed by atoms with Gasteiger partial charge in [-0.15, -0.1) is 0 Å². The van der Waals surface area contributed by atoms with Crippen LogP contribution in [-0.2, 0) is 19.2 Å². The third-order valence-corrected chi connectivity index (χ3v) is 5.39. The lowest BCUT2D eigenvalue weighted by atomic mass is 10.1. The van der Waals surface area contributed by atoms with Crippen molar-refractivity contribution < 1.29 is 29.4 Å². The molecule has 2 unspecified atom stereocenters. The van der Waals surface area contributed by atoms with Crippen LogP contribution in [0.15, 0.2) is 11.8 Å². The Hall–Kier alpha value is -2.46. The first-order valence-electron chi connectivity index (χ1n) is 9.51. The zero-order valence-corrected chi connectivity index (χ0v) is 15.9. The smallest absolute Gasteiger partial charge is 0.270 e. The Morgan fingerprint density at radius 3 is 2.29 bits per heavy atom. The van der Waals surface area contributed by atoms with E-state index in [1.807, 2.05) is 0 Å². The molecule has 2 saturated heterocycles. The quantitative estimate of drug-likeness (QED) is 0.421. The van der Waals surface area contributed by atoms with Crippen molar-refractivity contribution in [2.75, 3.05) is 13.1 Å². The van der Waals surface area contributed by atoms with E-state index >= 15 is 0 Å². The summed E-state index contributed by atoms with van der Waals surface area (Å²) < 4.78 is 0. The van der Waals surface area contributed by atoms with Crippen molar-refractivity contribution in [2.45, 2.75) is 63.4 Å². The molecule has 10 nitrogen and oxygen atoms in total. The maximum absolute atomic E-state index is 13.1. The Bertz CT molecular complexity index is 719. The van der Waals surface area contributed by atoms with Crippen LogP contribution in [0.5, 0.6) is 0 Å². The second kappa shape index (κ2) is 7.88. The van der Waals surface area contributed by atoms with Crippen LogP contribution in [-0.4, -0.2) is 87.1 Å². The van der Waals surface area contributed by atoms with Crippen LogP contribution < -0.4 is 10.6 Å². The molecule has 0 aromatic heterocycles. The SMILES string of the molecule is C[C@@H](O)C1NC(=O)[C@H]([C@@H](C)O)NC(=O)C2CCCN2C(=O)C2=CCCN2C1=O. The van der Waals surface area contributed by atoms with Gasteiger partial charge < -0.3 is 30.6 Å². The third-order valence-electron chi connectivity index (χ3n) is 5.39. The maximum atomic E-state index is 13.1. The minimum atomic E-state index is -1.31. The molecule has 4 amide bonds. The van der Waals surface area contributed by atoms with Gasteiger partial charge in [0.25, 0.3) is 11.8 Å². The molecule has 3 aliphatic heterocycles. The Kier molecular flexibility index (Phi) is 5.71. The van der Waals surface area contributed by atoms with E-state index < -0.39 is 54.0 Å². The summed E-state index contributed by atoms with van der Waals surface area (Å²) in [5.74, 6) is -2.33. The summed E-state index contributed by atoms with van der Waals surface area (Å²) in [7, 11) is 0. The summed E-state index contributed by atoms with van der Waals surface area (Å²) in [4.78, 5) is 54.1. The summed E-state index contributed by atoms with van der Waals surface area (Å²) in [5.41, 5.74) is 0.164. The Morgan fingerprint density at radius 1 is 1.00 bits per heavy atom. The fourth-order valence-electron chi connectivity index (χ4n) is 3.88. The molecule has 0 aliphatic carbocycles. The molecule has 4 N–H and O–H groups in total. The molecule has 3 rings (SSSR count). The predicted molar refractivity (Wildman–Crippen MR) is 96.4 cm³/mol. The van der Waals surface area contributed by atoms with Crippen molar-refractivity contribution in [3.63, 3.8) is 0 Å². The summed E-state index contributed by atoms with van der Waals surface area (Å²) in [5, 5.41) is 24.9. The number of nitrogens with one attached hydrogen (secondary N) is 2. The van der Waals surface area contributed by atoms with Gasteiger partial charge in [-0.25, -0.2) is 0 Å². The van der Waals surface area contributed by atoms with Gasteiger partial charge in [0.2, 0.25) is 11.8 Å². The lowest BCUT2D eigenvalue weighted by molar-refractivity contribution is -0.145. The largest absolute Gasteiger partial charge is 0.391 e. The highest BCUT2D eigenvalue weighted by atomic mass is 16.3. The second-order valence-corrected chi connectivity index (χ2v) is 7.48. The van der Waals surface area contributed by atoms with Crippen LogP contribution in [0.1, 0.15) is 33.1 Å². The Labute approximate surface area is 162 Å². The van der Waals surface area contributed by atoms with E-state index in [0.717, 1.165) is 0 Å². The van der Waals surface area contributed by atoms with Crippen molar-refractivity contribution in [3.05, 3.63) is 11.8 Å². The summed E-state index contributed by atoms with van der Waals surface area (Å²) in [6, 6.07) is -3.40. The van der Waals surface area contributed by atoms with Crippen molar-refractivity contribution in [2.24, 2.45) is 0 Å². The summed E-state index contributed by atoms with van der Waals surface area (Å²) in [6.07, 6.45) is 0.689. The van der Waals surface area contributed by atoms with E-state index in [-0.39, 0.29) is 12.2 Å². The fourth-order valence-corrected chi connectivity index (χ4v) is 3.88. The first-order valence-corrected chi connectivity index (χ1v) is 9.51. The molecule has 0 aromatic rings. The monoisotopic (exact) mass is 394 g/mol. The van der Waals surface area contributed by atoms with Gasteiger partial charge in [-0.3, -0.25) is 19.2 Å². The molecule has 0 bridgehead atoms. The molecule has 10 heteroatoms. The number of aliphatic hydroxyl groups is 2. The zero-order valence-electron chi connectivity index (χ0n) is 15.9. The van der Waals surface area contributed by atoms with E-state index in [0.29, 0.717) is 25.8 Å². The van der Waals surface area contributed by atoms with Crippen LogP contribution in [0, 0.1) is 0 Å². The van der Waals surface area contributed by atoms with Crippen molar-refractivity contribution >= 4 is 23.6 Å². The summed E-state index contributed by atoms with van der Waals surface area (Å²) >= 11 is 0. The second-order valence-electron chi connectivity index (χ2n) is 7.48. The van der Waals surface area contributed by atoms with E-state index in [1.165, 1.54) is 23.6 Å². The van der Waals surface area contributed by atoms with Crippen LogP contribution in [0.25, 0.3) is 0 Å². The van der Waals surface area contributed by atoms with E-state index in [1.54, 1.807) is 6.08 Å².